The average molecular weight is 233 g/mol. The number of aryl methyl sites for hydroxylation is 1. The molecule has 0 aliphatic rings. The van der Waals surface area contributed by atoms with Crippen molar-refractivity contribution in [3.63, 3.8) is 0 Å². The van der Waals surface area contributed by atoms with Crippen LogP contribution in [0.1, 0.15) is 31.7 Å². The van der Waals surface area contributed by atoms with Crippen molar-refractivity contribution in [3.8, 4) is 11.8 Å². The molecule has 1 rings (SSSR count). The number of rotatable bonds is 5. The summed E-state index contributed by atoms with van der Waals surface area (Å²) in [6.45, 7) is 6.57. The SMILES string of the molecule is Cc1ccc(OCCC(C)(C)C#N)c(CN)n1. The number of aromatic nitrogens is 1. The van der Waals surface area contributed by atoms with E-state index >= 15 is 0 Å². The first kappa shape index (κ1) is 13.5. The minimum Gasteiger partial charge on any atom is -0.492 e. The summed E-state index contributed by atoms with van der Waals surface area (Å²) in [6, 6.07) is 6.02. The molecule has 0 aliphatic heterocycles. The number of hydrogen-bond donors (Lipinski definition) is 1. The van der Waals surface area contributed by atoms with Crippen molar-refractivity contribution in [2.24, 2.45) is 11.1 Å². The van der Waals surface area contributed by atoms with Crippen LogP contribution < -0.4 is 10.5 Å². The molecule has 1 heterocycles. The monoisotopic (exact) mass is 233 g/mol. The number of nitriles is 1. The smallest absolute Gasteiger partial charge is 0.142 e. The Morgan fingerprint density at radius 1 is 1.47 bits per heavy atom. The molecule has 0 amide bonds. The lowest BCUT2D eigenvalue weighted by molar-refractivity contribution is 0.261. The van der Waals surface area contributed by atoms with Gasteiger partial charge in [0, 0.05) is 12.2 Å². The van der Waals surface area contributed by atoms with Crippen molar-refractivity contribution in [1.82, 2.24) is 4.98 Å². The van der Waals surface area contributed by atoms with Crippen LogP contribution in [0.5, 0.6) is 5.75 Å². The zero-order valence-corrected chi connectivity index (χ0v) is 10.7. The predicted octanol–water partition coefficient (Wildman–Crippen LogP) is 2.17. The van der Waals surface area contributed by atoms with Crippen molar-refractivity contribution in [3.05, 3.63) is 23.5 Å². The normalized spacial score (nSPS) is 11.0. The van der Waals surface area contributed by atoms with E-state index in [0.717, 1.165) is 11.4 Å². The average Bonchev–Trinajstić information content (AvgIpc) is 2.30. The standard InChI is InChI=1S/C13H19N3O/c1-10-4-5-12(11(8-14)16-10)17-7-6-13(2,3)9-15/h4-5H,6-8,14H2,1-3H3. The third-order valence-electron chi connectivity index (χ3n) is 2.55. The van der Waals surface area contributed by atoms with Crippen LogP contribution in [-0.2, 0) is 6.54 Å². The van der Waals surface area contributed by atoms with Crippen LogP contribution in [-0.4, -0.2) is 11.6 Å². The Morgan fingerprint density at radius 2 is 2.18 bits per heavy atom. The Labute approximate surface area is 102 Å². The molecule has 1 aromatic heterocycles. The Kier molecular flexibility index (Phi) is 4.47. The molecule has 1 aromatic rings. The third-order valence-corrected chi connectivity index (χ3v) is 2.55. The molecule has 17 heavy (non-hydrogen) atoms. The Balaban J connectivity index is 2.61. The molecule has 0 spiro atoms. The zero-order valence-electron chi connectivity index (χ0n) is 10.7. The van der Waals surface area contributed by atoms with Crippen molar-refractivity contribution in [1.29, 1.82) is 5.26 Å². The van der Waals surface area contributed by atoms with Crippen molar-refractivity contribution in [2.75, 3.05) is 6.61 Å². The van der Waals surface area contributed by atoms with Gasteiger partial charge in [0.25, 0.3) is 0 Å². The minimum absolute atomic E-state index is 0.360. The second kappa shape index (κ2) is 5.65. The molecule has 0 saturated carbocycles. The van der Waals surface area contributed by atoms with Crippen LogP contribution in [0.15, 0.2) is 12.1 Å². The fourth-order valence-corrected chi connectivity index (χ4v) is 1.35. The minimum atomic E-state index is -0.360. The molecule has 92 valence electrons. The molecule has 0 fully saturated rings. The summed E-state index contributed by atoms with van der Waals surface area (Å²) in [6.07, 6.45) is 0.682. The van der Waals surface area contributed by atoms with Crippen molar-refractivity contribution >= 4 is 0 Å². The molecule has 4 nitrogen and oxygen atoms in total. The molecule has 0 aliphatic carbocycles. The number of ether oxygens (including phenoxy) is 1. The van der Waals surface area contributed by atoms with Crippen LogP contribution in [0.25, 0.3) is 0 Å². The number of pyridine rings is 1. The number of nitrogens with zero attached hydrogens (tertiary/aromatic N) is 2. The van der Waals surface area contributed by atoms with Crippen LogP contribution in [0.3, 0.4) is 0 Å². The topological polar surface area (TPSA) is 71.9 Å². The third kappa shape index (κ3) is 4.04. The maximum atomic E-state index is 8.89. The van der Waals surface area contributed by atoms with Gasteiger partial charge >= 0.3 is 0 Å². The predicted molar refractivity (Wildman–Crippen MR) is 66.4 cm³/mol. The first-order valence-electron chi connectivity index (χ1n) is 5.69. The van der Waals surface area contributed by atoms with E-state index in [1.807, 2.05) is 32.9 Å². The summed E-state index contributed by atoms with van der Waals surface area (Å²) < 4.78 is 5.63. The van der Waals surface area contributed by atoms with Crippen molar-refractivity contribution < 1.29 is 4.74 Å². The fraction of sp³-hybridized carbons (Fsp3) is 0.538. The van der Waals surface area contributed by atoms with Gasteiger partial charge in [-0.15, -0.1) is 0 Å². The van der Waals surface area contributed by atoms with Gasteiger partial charge in [-0.05, 0) is 39.3 Å². The number of hydrogen-bond acceptors (Lipinski definition) is 4. The van der Waals surface area contributed by atoms with Crippen LogP contribution >= 0.6 is 0 Å². The molecule has 4 heteroatoms. The van der Waals surface area contributed by atoms with Gasteiger partial charge in [0.05, 0.1) is 23.8 Å². The summed E-state index contributed by atoms with van der Waals surface area (Å²) in [5.74, 6) is 0.715. The fourth-order valence-electron chi connectivity index (χ4n) is 1.35. The lowest BCUT2D eigenvalue weighted by atomic mass is 9.92. The lowest BCUT2D eigenvalue weighted by Gasteiger charge is -2.16. The van der Waals surface area contributed by atoms with Gasteiger partial charge in [0.1, 0.15) is 5.75 Å². The second-order valence-corrected chi connectivity index (χ2v) is 4.70. The highest BCUT2D eigenvalue weighted by molar-refractivity contribution is 5.29. The summed E-state index contributed by atoms with van der Waals surface area (Å²) >= 11 is 0. The molecular weight excluding hydrogens is 214 g/mol. The van der Waals surface area contributed by atoms with Crippen LogP contribution in [0.2, 0.25) is 0 Å². The largest absolute Gasteiger partial charge is 0.492 e. The van der Waals surface area contributed by atoms with Gasteiger partial charge in [-0.3, -0.25) is 4.98 Å². The molecule has 0 atom stereocenters. The highest BCUT2D eigenvalue weighted by Crippen LogP contribution is 2.21. The summed E-state index contributed by atoms with van der Waals surface area (Å²) in [5, 5.41) is 8.89. The highest BCUT2D eigenvalue weighted by atomic mass is 16.5. The van der Waals surface area contributed by atoms with Gasteiger partial charge < -0.3 is 10.5 Å². The van der Waals surface area contributed by atoms with E-state index < -0.39 is 0 Å². The Hall–Kier alpha value is -1.60. The zero-order chi connectivity index (χ0) is 12.9. The van der Waals surface area contributed by atoms with Crippen LogP contribution in [0, 0.1) is 23.7 Å². The van der Waals surface area contributed by atoms with E-state index in [1.54, 1.807) is 0 Å². The number of nitrogens with two attached hydrogens (primary N) is 1. The van der Waals surface area contributed by atoms with Crippen LogP contribution in [0.4, 0.5) is 0 Å². The molecule has 0 saturated heterocycles. The van der Waals surface area contributed by atoms with Crippen molar-refractivity contribution in [2.45, 2.75) is 33.7 Å². The molecule has 0 aromatic carbocycles. The highest BCUT2D eigenvalue weighted by Gasteiger charge is 2.16. The molecule has 0 bridgehead atoms. The van der Waals surface area contributed by atoms with E-state index in [4.69, 9.17) is 15.7 Å². The van der Waals surface area contributed by atoms with Gasteiger partial charge in [-0.2, -0.15) is 5.26 Å². The quantitative estimate of drug-likeness (QED) is 0.846. The summed E-state index contributed by atoms with van der Waals surface area (Å²) in [7, 11) is 0. The summed E-state index contributed by atoms with van der Waals surface area (Å²) in [4.78, 5) is 4.31. The maximum absolute atomic E-state index is 8.89. The van der Waals surface area contributed by atoms with E-state index in [1.165, 1.54) is 0 Å². The van der Waals surface area contributed by atoms with Gasteiger partial charge in [0.15, 0.2) is 0 Å². The van der Waals surface area contributed by atoms with E-state index in [-0.39, 0.29) is 5.41 Å². The van der Waals surface area contributed by atoms with Gasteiger partial charge in [-0.25, -0.2) is 0 Å². The Morgan fingerprint density at radius 3 is 2.76 bits per heavy atom. The van der Waals surface area contributed by atoms with E-state index in [2.05, 4.69) is 11.1 Å². The molecule has 2 N–H and O–H groups in total. The van der Waals surface area contributed by atoms with E-state index in [9.17, 15) is 0 Å². The Bertz CT molecular complexity index is 421. The molecular formula is C13H19N3O. The van der Waals surface area contributed by atoms with Gasteiger partial charge in [-0.1, -0.05) is 0 Å². The molecule has 0 unspecified atom stereocenters. The summed E-state index contributed by atoms with van der Waals surface area (Å²) in [5.41, 5.74) is 6.94. The van der Waals surface area contributed by atoms with Gasteiger partial charge in [0.2, 0.25) is 0 Å². The van der Waals surface area contributed by atoms with E-state index in [0.29, 0.717) is 25.3 Å². The second-order valence-electron chi connectivity index (χ2n) is 4.70. The first-order chi connectivity index (χ1) is 7.98. The lowest BCUT2D eigenvalue weighted by Crippen LogP contribution is -2.14. The maximum Gasteiger partial charge on any atom is 0.142 e. The first-order valence-corrected chi connectivity index (χ1v) is 5.69. The molecule has 0 radical (unpaired) electrons.